The zero-order valence-electron chi connectivity index (χ0n) is 7.71. The summed E-state index contributed by atoms with van der Waals surface area (Å²) in [5.41, 5.74) is 0. The summed E-state index contributed by atoms with van der Waals surface area (Å²) in [7, 11) is 3.32. The number of methoxy groups -OCH3 is 2. The largest absolute Gasteiger partial charge is 0.381 e. The number of Topliss-reactive ketones (excluding diaryl/α,β-unsaturated/α-hetero) is 1. The van der Waals surface area contributed by atoms with Gasteiger partial charge in [0.05, 0.1) is 12.2 Å². The van der Waals surface area contributed by atoms with Crippen molar-refractivity contribution < 1.29 is 14.3 Å². The normalized spacial score (nSPS) is 31.7. The maximum Gasteiger partial charge on any atom is 0.138 e. The average Bonchev–Trinajstić information content (AvgIpc) is 2.26. The van der Waals surface area contributed by atoms with Crippen LogP contribution in [0.25, 0.3) is 0 Å². The molecule has 1 rings (SSSR count). The van der Waals surface area contributed by atoms with E-state index in [-0.39, 0.29) is 18.0 Å². The van der Waals surface area contributed by atoms with Crippen molar-refractivity contribution in [1.29, 1.82) is 0 Å². The number of ketones is 1. The molecule has 3 nitrogen and oxygen atoms in total. The lowest BCUT2D eigenvalue weighted by Gasteiger charge is -2.11. The van der Waals surface area contributed by atoms with E-state index in [1.165, 1.54) is 0 Å². The quantitative estimate of drug-likeness (QED) is 0.586. The number of carbonyl (C=O) groups excluding carboxylic acids is 1. The van der Waals surface area contributed by atoms with Gasteiger partial charge in [0.25, 0.3) is 0 Å². The number of ether oxygens (including phenoxy) is 2. The molecule has 2 atom stereocenters. The first-order valence-corrected chi connectivity index (χ1v) is 4.33. The van der Waals surface area contributed by atoms with Crippen LogP contribution in [-0.4, -0.2) is 32.2 Å². The lowest BCUT2D eigenvalue weighted by atomic mass is 10.1. The minimum Gasteiger partial charge on any atom is -0.381 e. The number of carbonyl (C=O) groups is 1. The predicted octanol–water partition coefficient (Wildman–Crippen LogP) is 1.16. The summed E-state index contributed by atoms with van der Waals surface area (Å²) in [6.45, 7) is 0. The van der Waals surface area contributed by atoms with Gasteiger partial charge in [-0.1, -0.05) is 0 Å². The molecule has 0 heterocycles. The highest BCUT2D eigenvalue weighted by molar-refractivity contribution is 5.79. The Hall–Kier alpha value is -0.410. The molecule has 0 aromatic rings. The van der Waals surface area contributed by atoms with Crippen molar-refractivity contribution in [3.05, 3.63) is 0 Å². The van der Waals surface area contributed by atoms with Crippen LogP contribution in [0.3, 0.4) is 0 Å². The molecule has 0 N–H and O–H groups in total. The summed E-state index contributed by atoms with van der Waals surface area (Å²) < 4.78 is 10.3. The Labute approximate surface area is 73.0 Å². The van der Waals surface area contributed by atoms with E-state index in [1.54, 1.807) is 14.2 Å². The van der Waals surface area contributed by atoms with Crippen molar-refractivity contribution in [3.63, 3.8) is 0 Å². The monoisotopic (exact) mass is 172 g/mol. The smallest absolute Gasteiger partial charge is 0.138 e. The summed E-state index contributed by atoms with van der Waals surface area (Å²) in [4.78, 5) is 11.3. The van der Waals surface area contributed by atoms with Crippen LogP contribution in [0, 0.1) is 0 Å². The third-order valence-electron chi connectivity index (χ3n) is 2.39. The van der Waals surface area contributed by atoms with E-state index in [0.29, 0.717) is 12.8 Å². The molecule has 0 aromatic carbocycles. The highest BCUT2D eigenvalue weighted by Gasteiger charge is 2.23. The van der Waals surface area contributed by atoms with Crippen LogP contribution < -0.4 is 0 Å². The van der Waals surface area contributed by atoms with Gasteiger partial charge in [-0.15, -0.1) is 0 Å². The molecule has 0 radical (unpaired) electrons. The van der Waals surface area contributed by atoms with Crippen LogP contribution in [-0.2, 0) is 14.3 Å². The first kappa shape index (κ1) is 9.68. The maximum atomic E-state index is 11.3. The fourth-order valence-corrected chi connectivity index (χ4v) is 1.57. The van der Waals surface area contributed by atoms with Gasteiger partial charge >= 0.3 is 0 Å². The molecule has 0 unspecified atom stereocenters. The summed E-state index contributed by atoms with van der Waals surface area (Å²) in [5, 5.41) is 0. The van der Waals surface area contributed by atoms with Crippen molar-refractivity contribution in [2.24, 2.45) is 0 Å². The van der Waals surface area contributed by atoms with Gasteiger partial charge in [-0.3, -0.25) is 4.79 Å². The third-order valence-corrected chi connectivity index (χ3v) is 2.39. The lowest BCUT2D eigenvalue weighted by Crippen LogP contribution is -2.13. The number of hydrogen-bond donors (Lipinski definition) is 0. The van der Waals surface area contributed by atoms with Crippen molar-refractivity contribution in [2.45, 2.75) is 37.9 Å². The van der Waals surface area contributed by atoms with E-state index in [1.807, 2.05) is 0 Å². The van der Waals surface area contributed by atoms with Gasteiger partial charge in [0.15, 0.2) is 0 Å². The first-order chi connectivity index (χ1) is 5.76. The van der Waals surface area contributed by atoms with Crippen molar-refractivity contribution in [1.82, 2.24) is 0 Å². The molecule has 0 saturated heterocycles. The van der Waals surface area contributed by atoms with Gasteiger partial charge in [0.1, 0.15) is 5.78 Å². The average molecular weight is 172 g/mol. The Bertz CT molecular complexity index is 140. The molecule has 0 aliphatic heterocycles. The first-order valence-electron chi connectivity index (χ1n) is 4.33. The molecule has 70 valence electrons. The fraction of sp³-hybridized carbons (Fsp3) is 0.889. The minimum absolute atomic E-state index is 0.109. The van der Waals surface area contributed by atoms with E-state index < -0.39 is 0 Å². The van der Waals surface area contributed by atoms with Gasteiger partial charge in [-0.05, 0) is 12.8 Å². The highest BCUT2D eigenvalue weighted by atomic mass is 16.5. The van der Waals surface area contributed by atoms with Crippen LogP contribution in [0.5, 0.6) is 0 Å². The number of hydrogen-bond acceptors (Lipinski definition) is 3. The Morgan fingerprint density at radius 2 is 1.50 bits per heavy atom. The van der Waals surface area contributed by atoms with Crippen LogP contribution in [0.2, 0.25) is 0 Å². The minimum atomic E-state index is 0.109. The Morgan fingerprint density at radius 3 is 1.83 bits per heavy atom. The molecule has 3 heteroatoms. The van der Waals surface area contributed by atoms with E-state index in [4.69, 9.17) is 9.47 Å². The molecule has 0 aromatic heterocycles. The zero-order valence-corrected chi connectivity index (χ0v) is 7.71. The third kappa shape index (κ3) is 2.57. The van der Waals surface area contributed by atoms with Gasteiger partial charge < -0.3 is 9.47 Å². The van der Waals surface area contributed by atoms with Gasteiger partial charge in [0, 0.05) is 27.1 Å². The van der Waals surface area contributed by atoms with Crippen molar-refractivity contribution in [3.8, 4) is 0 Å². The second-order valence-corrected chi connectivity index (χ2v) is 3.24. The van der Waals surface area contributed by atoms with Crippen LogP contribution in [0.4, 0.5) is 0 Å². The molecule has 0 spiro atoms. The van der Waals surface area contributed by atoms with Crippen LogP contribution in [0.1, 0.15) is 25.7 Å². The number of rotatable bonds is 2. The van der Waals surface area contributed by atoms with E-state index in [0.717, 1.165) is 12.8 Å². The van der Waals surface area contributed by atoms with Crippen LogP contribution in [0.15, 0.2) is 0 Å². The molecule has 0 bridgehead atoms. The topological polar surface area (TPSA) is 35.5 Å². The second kappa shape index (κ2) is 4.58. The van der Waals surface area contributed by atoms with E-state index in [2.05, 4.69) is 0 Å². The van der Waals surface area contributed by atoms with Gasteiger partial charge in [-0.25, -0.2) is 0 Å². The Kier molecular flexibility index (Phi) is 3.69. The Balaban J connectivity index is 2.46. The molecule has 1 fully saturated rings. The molecular weight excluding hydrogens is 156 g/mol. The van der Waals surface area contributed by atoms with Crippen molar-refractivity contribution in [2.75, 3.05) is 14.2 Å². The molecule has 1 saturated carbocycles. The lowest BCUT2D eigenvalue weighted by molar-refractivity contribution is -0.122. The summed E-state index contributed by atoms with van der Waals surface area (Å²) in [5.74, 6) is 0.256. The molecule has 1 aliphatic rings. The summed E-state index contributed by atoms with van der Waals surface area (Å²) in [6.07, 6.45) is 3.18. The molecular formula is C9H16O3. The van der Waals surface area contributed by atoms with Gasteiger partial charge in [-0.2, -0.15) is 0 Å². The summed E-state index contributed by atoms with van der Waals surface area (Å²) >= 11 is 0. The van der Waals surface area contributed by atoms with E-state index in [9.17, 15) is 4.79 Å². The Morgan fingerprint density at radius 1 is 1.08 bits per heavy atom. The predicted molar refractivity (Wildman–Crippen MR) is 45.1 cm³/mol. The SMILES string of the molecule is CO[C@H]1CC[C@H](OC)CC(=O)C1. The standard InChI is InChI=1S/C9H16O3/c1-11-8-3-4-9(12-2)6-7(10)5-8/h8-9H,3-6H2,1-2H3/t8-,9-/m0/s1. The maximum absolute atomic E-state index is 11.3. The molecule has 1 aliphatic carbocycles. The zero-order chi connectivity index (χ0) is 8.97. The van der Waals surface area contributed by atoms with Crippen molar-refractivity contribution >= 4 is 5.78 Å². The molecule has 12 heavy (non-hydrogen) atoms. The molecule has 0 amide bonds. The highest BCUT2D eigenvalue weighted by Crippen LogP contribution is 2.19. The second-order valence-electron chi connectivity index (χ2n) is 3.24. The van der Waals surface area contributed by atoms with E-state index >= 15 is 0 Å². The van der Waals surface area contributed by atoms with Crippen LogP contribution >= 0.6 is 0 Å². The fourth-order valence-electron chi connectivity index (χ4n) is 1.57. The summed E-state index contributed by atoms with van der Waals surface area (Å²) in [6, 6.07) is 0. The van der Waals surface area contributed by atoms with Gasteiger partial charge in [0.2, 0.25) is 0 Å².